The number of thioether (sulfide) groups is 1. The molecule has 0 unspecified atom stereocenters. The van der Waals surface area contributed by atoms with Crippen molar-refractivity contribution in [1.82, 2.24) is 14.8 Å². The number of aryl methyl sites for hydroxylation is 1. The number of aromatic nitrogens is 3. The van der Waals surface area contributed by atoms with E-state index in [1.165, 1.54) is 11.8 Å². The standard InChI is InChI=1S/C24H19N5OS/c1-17-7-13-21(14-8-17)29-23(19-5-3-2-4-6-19)27-28-24(29)31-16-22(30)26-20-11-9-18(15-25)10-12-20/h2-14H,16H2,1H3,(H,26,30). The maximum atomic E-state index is 12.5. The van der Waals surface area contributed by atoms with Crippen molar-refractivity contribution in [1.29, 1.82) is 5.26 Å². The van der Waals surface area contributed by atoms with Crippen molar-refractivity contribution in [3.8, 4) is 23.1 Å². The van der Waals surface area contributed by atoms with Crippen molar-refractivity contribution in [2.24, 2.45) is 0 Å². The lowest BCUT2D eigenvalue weighted by molar-refractivity contribution is -0.113. The van der Waals surface area contributed by atoms with Crippen LogP contribution in [0.4, 0.5) is 5.69 Å². The van der Waals surface area contributed by atoms with Crippen LogP contribution in [0.15, 0.2) is 84.0 Å². The lowest BCUT2D eigenvalue weighted by Crippen LogP contribution is -2.14. The van der Waals surface area contributed by atoms with Crippen molar-refractivity contribution in [2.75, 3.05) is 11.1 Å². The predicted octanol–water partition coefficient (Wildman–Crippen LogP) is 4.85. The number of nitrogens with zero attached hydrogens (tertiary/aromatic N) is 4. The Morgan fingerprint density at radius 3 is 2.39 bits per heavy atom. The number of nitriles is 1. The van der Waals surface area contributed by atoms with Crippen LogP contribution >= 0.6 is 11.8 Å². The topological polar surface area (TPSA) is 83.6 Å². The highest BCUT2D eigenvalue weighted by molar-refractivity contribution is 7.99. The number of hydrogen-bond acceptors (Lipinski definition) is 5. The highest BCUT2D eigenvalue weighted by Gasteiger charge is 2.17. The molecule has 1 amide bonds. The molecule has 152 valence electrons. The van der Waals surface area contributed by atoms with Crippen molar-refractivity contribution >= 4 is 23.4 Å². The Balaban J connectivity index is 1.56. The zero-order valence-corrected chi connectivity index (χ0v) is 17.6. The van der Waals surface area contributed by atoms with Crippen molar-refractivity contribution in [3.63, 3.8) is 0 Å². The van der Waals surface area contributed by atoms with E-state index in [1.54, 1.807) is 24.3 Å². The van der Waals surface area contributed by atoms with E-state index in [2.05, 4.69) is 21.6 Å². The summed E-state index contributed by atoms with van der Waals surface area (Å²) < 4.78 is 1.97. The molecular weight excluding hydrogens is 406 g/mol. The summed E-state index contributed by atoms with van der Waals surface area (Å²) in [5, 5.41) is 21.1. The van der Waals surface area contributed by atoms with Gasteiger partial charge in [0.05, 0.1) is 17.4 Å². The quantitative estimate of drug-likeness (QED) is 0.447. The minimum Gasteiger partial charge on any atom is -0.325 e. The van der Waals surface area contributed by atoms with Crippen LogP contribution in [0.3, 0.4) is 0 Å². The van der Waals surface area contributed by atoms with Crippen molar-refractivity contribution in [2.45, 2.75) is 12.1 Å². The first-order chi connectivity index (χ1) is 15.1. The van der Waals surface area contributed by atoms with Crippen LogP contribution in [0.2, 0.25) is 0 Å². The number of anilines is 1. The molecule has 4 aromatic rings. The van der Waals surface area contributed by atoms with E-state index in [9.17, 15) is 4.79 Å². The fraction of sp³-hybridized carbons (Fsp3) is 0.0833. The van der Waals surface area contributed by atoms with Crippen LogP contribution in [0.25, 0.3) is 17.1 Å². The van der Waals surface area contributed by atoms with Crippen molar-refractivity contribution in [3.05, 3.63) is 90.0 Å². The van der Waals surface area contributed by atoms with Gasteiger partial charge in [-0.2, -0.15) is 5.26 Å². The average Bonchev–Trinajstić information content (AvgIpc) is 3.23. The Labute approximate surface area is 184 Å². The number of amides is 1. The molecule has 6 nitrogen and oxygen atoms in total. The van der Waals surface area contributed by atoms with Gasteiger partial charge in [0.25, 0.3) is 0 Å². The highest BCUT2D eigenvalue weighted by Crippen LogP contribution is 2.28. The van der Waals surface area contributed by atoms with E-state index in [4.69, 9.17) is 5.26 Å². The fourth-order valence-corrected chi connectivity index (χ4v) is 3.77. The zero-order valence-electron chi connectivity index (χ0n) is 16.8. The highest BCUT2D eigenvalue weighted by atomic mass is 32.2. The molecule has 0 saturated heterocycles. The maximum absolute atomic E-state index is 12.5. The molecule has 0 atom stereocenters. The largest absolute Gasteiger partial charge is 0.325 e. The van der Waals surface area contributed by atoms with Gasteiger partial charge in [-0.1, -0.05) is 59.8 Å². The van der Waals surface area contributed by atoms with Gasteiger partial charge in [-0.15, -0.1) is 10.2 Å². The molecule has 0 spiro atoms. The maximum Gasteiger partial charge on any atom is 0.234 e. The van der Waals surface area contributed by atoms with Crippen LogP contribution < -0.4 is 5.32 Å². The number of benzene rings is 3. The Hall–Kier alpha value is -3.89. The Morgan fingerprint density at radius 1 is 1.00 bits per heavy atom. The van der Waals surface area contributed by atoms with E-state index in [-0.39, 0.29) is 11.7 Å². The molecule has 1 N–H and O–H groups in total. The third-order valence-corrected chi connectivity index (χ3v) is 5.52. The number of hydrogen-bond donors (Lipinski definition) is 1. The molecule has 0 aliphatic carbocycles. The summed E-state index contributed by atoms with van der Waals surface area (Å²) in [6.07, 6.45) is 0. The molecule has 0 saturated carbocycles. The summed E-state index contributed by atoms with van der Waals surface area (Å²) in [6, 6.07) is 26.8. The third-order valence-electron chi connectivity index (χ3n) is 4.59. The van der Waals surface area contributed by atoms with Gasteiger partial charge in [0.1, 0.15) is 0 Å². The molecule has 1 heterocycles. The Morgan fingerprint density at radius 2 is 1.71 bits per heavy atom. The second-order valence-electron chi connectivity index (χ2n) is 6.87. The van der Waals surface area contributed by atoms with Gasteiger partial charge in [-0.25, -0.2) is 0 Å². The van der Waals surface area contributed by atoms with E-state index >= 15 is 0 Å². The molecular formula is C24H19N5OS. The van der Waals surface area contributed by atoms with Gasteiger partial charge in [0.2, 0.25) is 5.91 Å². The van der Waals surface area contributed by atoms with Crippen LogP contribution in [0.5, 0.6) is 0 Å². The predicted molar refractivity (Wildman–Crippen MR) is 122 cm³/mol. The molecule has 7 heteroatoms. The molecule has 3 aromatic carbocycles. The second-order valence-corrected chi connectivity index (χ2v) is 7.81. The summed E-state index contributed by atoms with van der Waals surface area (Å²) in [5.74, 6) is 0.743. The molecule has 0 aliphatic rings. The third kappa shape index (κ3) is 4.82. The van der Waals surface area contributed by atoms with Gasteiger partial charge >= 0.3 is 0 Å². The normalized spacial score (nSPS) is 10.5. The molecule has 1 aromatic heterocycles. The Kier molecular flexibility index (Phi) is 6.11. The number of carbonyl (C=O) groups is 1. The minimum absolute atomic E-state index is 0.158. The molecule has 0 fully saturated rings. The zero-order chi connectivity index (χ0) is 21.6. The molecule has 0 radical (unpaired) electrons. The lowest BCUT2D eigenvalue weighted by atomic mass is 10.2. The molecule has 0 aliphatic heterocycles. The molecule has 0 bridgehead atoms. The first-order valence-corrected chi connectivity index (χ1v) is 10.6. The Bertz CT molecular complexity index is 1230. The number of rotatable bonds is 6. The van der Waals surface area contributed by atoms with Gasteiger partial charge < -0.3 is 5.32 Å². The van der Waals surface area contributed by atoms with Gasteiger partial charge in [-0.3, -0.25) is 9.36 Å². The first-order valence-electron chi connectivity index (χ1n) is 9.65. The summed E-state index contributed by atoms with van der Waals surface area (Å²) in [4.78, 5) is 12.5. The van der Waals surface area contributed by atoms with Crippen LogP contribution in [0.1, 0.15) is 11.1 Å². The molecule has 31 heavy (non-hydrogen) atoms. The number of carbonyl (C=O) groups excluding carboxylic acids is 1. The summed E-state index contributed by atoms with van der Waals surface area (Å²) in [6.45, 7) is 2.04. The van der Waals surface area contributed by atoms with E-state index in [0.29, 0.717) is 16.4 Å². The smallest absolute Gasteiger partial charge is 0.234 e. The second kappa shape index (κ2) is 9.28. The number of nitrogens with one attached hydrogen (secondary N) is 1. The average molecular weight is 426 g/mol. The first kappa shape index (κ1) is 20.4. The minimum atomic E-state index is -0.158. The molecule has 4 rings (SSSR count). The van der Waals surface area contributed by atoms with Crippen molar-refractivity contribution < 1.29 is 4.79 Å². The van der Waals surface area contributed by atoms with Gasteiger partial charge in [0.15, 0.2) is 11.0 Å². The van der Waals surface area contributed by atoms with Crippen LogP contribution in [-0.4, -0.2) is 26.4 Å². The lowest BCUT2D eigenvalue weighted by Gasteiger charge is -2.11. The summed E-state index contributed by atoms with van der Waals surface area (Å²) in [7, 11) is 0. The SMILES string of the molecule is Cc1ccc(-n2c(SCC(=O)Nc3ccc(C#N)cc3)nnc2-c2ccccc2)cc1. The van der Waals surface area contributed by atoms with E-state index in [1.807, 2.05) is 66.1 Å². The van der Waals surface area contributed by atoms with Gasteiger partial charge in [0, 0.05) is 16.9 Å². The fourth-order valence-electron chi connectivity index (χ4n) is 3.02. The van der Waals surface area contributed by atoms with Gasteiger partial charge in [-0.05, 0) is 43.3 Å². The van der Waals surface area contributed by atoms with E-state index in [0.717, 1.165) is 22.6 Å². The van der Waals surface area contributed by atoms with E-state index < -0.39 is 0 Å². The summed E-state index contributed by atoms with van der Waals surface area (Å²) >= 11 is 1.32. The van der Waals surface area contributed by atoms with Crippen LogP contribution in [0, 0.1) is 18.3 Å². The monoisotopic (exact) mass is 425 g/mol. The van der Waals surface area contributed by atoms with Crippen LogP contribution in [-0.2, 0) is 4.79 Å². The summed E-state index contributed by atoms with van der Waals surface area (Å²) in [5.41, 5.74) is 4.24.